The van der Waals surface area contributed by atoms with Crippen molar-refractivity contribution in [2.75, 3.05) is 17.6 Å². The highest BCUT2D eigenvalue weighted by Gasteiger charge is 2.39. The molecule has 2 aliphatic heterocycles. The zero-order chi connectivity index (χ0) is 8.44. The average Bonchev–Trinajstić information content (AvgIpc) is 2.50. The van der Waals surface area contributed by atoms with E-state index in [9.17, 15) is 0 Å². The van der Waals surface area contributed by atoms with Crippen molar-refractivity contribution in [3.05, 3.63) is 0 Å². The van der Waals surface area contributed by atoms with Gasteiger partial charge in [-0.1, -0.05) is 29.0 Å². The van der Waals surface area contributed by atoms with Crippen LogP contribution in [-0.2, 0) is 4.74 Å². The van der Waals surface area contributed by atoms with E-state index in [2.05, 4.69) is 27.9 Å². The summed E-state index contributed by atoms with van der Waals surface area (Å²) in [6, 6.07) is 0. The van der Waals surface area contributed by atoms with Crippen LogP contribution in [0.5, 0.6) is 0 Å². The molecule has 70 valence electrons. The molecule has 0 aromatic rings. The lowest BCUT2D eigenvalue weighted by Crippen LogP contribution is -2.49. The second-order valence-corrected chi connectivity index (χ2v) is 4.84. The highest BCUT2D eigenvalue weighted by molar-refractivity contribution is 14.1. The number of ether oxygens (including phenoxy) is 1. The fourth-order valence-corrected chi connectivity index (χ4v) is 2.82. The van der Waals surface area contributed by atoms with Crippen LogP contribution in [0.4, 0.5) is 0 Å². The van der Waals surface area contributed by atoms with Gasteiger partial charge >= 0.3 is 0 Å². The van der Waals surface area contributed by atoms with Crippen molar-refractivity contribution in [1.82, 2.24) is 5.32 Å². The zero-order valence-electron chi connectivity index (χ0n) is 7.31. The van der Waals surface area contributed by atoms with E-state index in [1.54, 1.807) is 0 Å². The monoisotopic (exact) mass is 281 g/mol. The van der Waals surface area contributed by atoms with E-state index in [-0.39, 0.29) is 0 Å². The van der Waals surface area contributed by atoms with Crippen LogP contribution in [0, 0.1) is 0 Å². The highest BCUT2D eigenvalue weighted by Crippen LogP contribution is 2.32. The highest BCUT2D eigenvalue weighted by atomic mass is 127. The number of hydrogen-bond donors (Lipinski definition) is 1. The first-order chi connectivity index (χ1) is 5.85. The minimum Gasteiger partial charge on any atom is -0.375 e. The van der Waals surface area contributed by atoms with Gasteiger partial charge in [-0.25, -0.2) is 0 Å². The Bertz CT molecular complexity index is 157. The molecule has 2 fully saturated rings. The van der Waals surface area contributed by atoms with Gasteiger partial charge in [0.2, 0.25) is 0 Å². The molecule has 12 heavy (non-hydrogen) atoms. The molecule has 2 saturated heterocycles. The van der Waals surface area contributed by atoms with Crippen LogP contribution in [0.2, 0.25) is 0 Å². The van der Waals surface area contributed by atoms with E-state index in [1.807, 2.05) is 0 Å². The van der Waals surface area contributed by atoms with Crippen molar-refractivity contribution >= 4 is 22.6 Å². The molecule has 0 bridgehead atoms. The van der Waals surface area contributed by atoms with Crippen molar-refractivity contribution in [1.29, 1.82) is 0 Å². The SMILES string of the molecule is IC[C@H]1C[C@@]2(CCCCN2)CO1. The van der Waals surface area contributed by atoms with E-state index < -0.39 is 0 Å². The van der Waals surface area contributed by atoms with Gasteiger partial charge in [-0.2, -0.15) is 0 Å². The Labute approximate surface area is 87.6 Å². The number of halogens is 1. The quantitative estimate of drug-likeness (QED) is 0.584. The second kappa shape index (κ2) is 3.80. The minimum atomic E-state index is 0.369. The summed E-state index contributed by atoms with van der Waals surface area (Å²) in [5, 5.41) is 3.63. The number of hydrogen-bond acceptors (Lipinski definition) is 2. The Hall–Kier alpha value is 0.650. The molecule has 2 nitrogen and oxygen atoms in total. The third-order valence-electron chi connectivity index (χ3n) is 2.97. The molecule has 0 aliphatic carbocycles. The average molecular weight is 281 g/mol. The third kappa shape index (κ3) is 1.77. The van der Waals surface area contributed by atoms with Crippen molar-refractivity contribution in [2.24, 2.45) is 0 Å². The van der Waals surface area contributed by atoms with E-state index in [0.29, 0.717) is 11.6 Å². The van der Waals surface area contributed by atoms with Crippen LogP contribution in [0.1, 0.15) is 25.7 Å². The number of nitrogens with one attached hydrogen (secondary N) is 1. The summed E-state index contributed by atoms with van der Waals surface area (Å²) in [6.45, 7) is 2.14. The molecule has 2 heterocycles. The molecular formula is C9H16INO. The summed E-state index contributed by atoms with van der Waals surface area (Å²) in [6.07, 6.45) is 5.79. The van der Waals surface area contributed by atoms with E-state index in [1.165, 1.54) is 32.2 Å². The van der Waals surface area contributed by atoms with Gasteiger partial charge < -0.3 is 10.1 Å². The Kier molecular flexibility index (Phi) is 2.92. The first kappa shape index (κ1) is 9.21. The molecule has 2 atom stereocenters. The Morgan fingerprint density at radius 1 is 1.50 bits per heavy atom. The Morgan fingerprint density at radius 3 is 3.00 bits per heavy atom. The van der Waals surface area contributed by atoms with Gasteiger partial charge in [-0.15, -0.1) is 0 Å². The van der Waals surface area contributed by atoms with Crippen LogP contribution in [0.3, 0.4) is 0 Å². The van der Waals surface area contributed by atoms with E-state index in [0.717, 1.165) is 11.0 Å². The Balaban J connectivity index is 1.94. The molecule has 0 saturated carbocycles. The molecule has 3 heteroatoms. The molecule has 2 aliphatic rings. The normalized spacial score (nSPS) is 42.2. The van der Waals surface area contributed by atoms with Crippen LogP contribution >= 0.6 is 22.6 Å². The fraction of sp³-hybridized carbons (Fsp3) is 1.00. The topological polar surface area (TPSA) is 21.3 Å². The van der Waals surface area contributed by atoms with Crippen LogP contribution in [-0.4, -0.2) is 29.2 Å². The van der Waals surface area contributed by atoms with E-state index >= 15 is 0 Å². The zero-order valence-corrected chi connectivity index (χ0v) is 9.47. The van der Waals surface area contributed by atoms with Crippen LogP contribution < -0.4 is 5.32 Å². The van der Waals surface area contributed by atoms with Crippen molar-refractivity contribution in [2.45, 2.75) is 37.3 Å². The maximum atomic E-state index is 5.73. The Morgan fingerprint density at radius 2 is 2.42 bits per heavy atom. The van der Waals surface area contributed by atoms with Crippen molar-refractivity contribution < 1.29 is 4.74 Å². The number of rotatable bonds is 1. The summed E-state index contributed by atoms with van der Waals surface area (Å²) >= 11 is 2.42. The van der Waals surface area contributed by atoms with Gasteiger partial charge in [-0.05, 0) is 25.8 Å². The number of piperidine rings is 1. The van der Waals surface area contributed by atoms with E-state index in [4.69, 9.17) is 4.74 Å². The van der Waals surface area contributed by atoms with Crippen LogP contribution in [0.15, 0.2) is 0 Å². The first-order valence-electron chi connectivity index (χ1n) is 4.77. The van der Waals surface area contributed by atoms with Gasteiger partial charge in [-0.3, -0.25) is 0 Å². The molecule has 0 aromatic heterocycles. The second-order valence-electron chi connectivity index (χ2n) is 3.96. The lowest BCUT2D eigenvalue weighted by atomic mass is 9.87. The maximum Gasteiger partial charge on any atom is 0.0683 e. The molecule has 0 unspecified atom stereocenters. The van der Waals surface area contributed by atoms with Gasteiger partial charge in [0.15, 0.2) is 0 Å². The molecule has 2 rings (SSSR count). The summed E-state index contributed by atoms with van der Waals surface area (Å²) < 4.78 is 6.87. The molecular weight excluding hydrogens is 265 g/mol. The lowest BCUT2D eigenvalue weighted by Gasteiger charge is -2.33. The largest absolute Gasteiger partial charge is 0.375 e. The standard InChI is InChI=1S/C9H16INO/c10-6-8-5-9(7-12-8)3-1-2-4-11-9/h8,11H,1-7H2/t8-,9+/m1/s1. The van der Waals surface area contributed by atoms with Crippen molar-refractivity contribution in [3.8, 4) is 0 Å². The molecule has 0 radical (unpaired) electrons. The van der Waals surface area contributed by atoms with Crippen LogP contribution in [0.25, 0.3) is 0 Å². The third-order valence-corrected chi connectivity index (χ3v) is 3.95. The summed E-state index contributed by atoms with van der Waals surface area (Å²) in [4.78, 5) is 0. The predicted molar refractivity (Wildman–Crippen MR) is 57.8 cm³/mol. The lowest BCUT2D eigenvalue weighted by molar-refractivity contribution is 0.111. The first-order valence-corrected chi connectivity index (χ1v) is 6.30. The van der Waals surface area contributed by atoms with Gasteiger partial charge in [0.1, 0.15) is 0 Å². The molecule has 0 amide bonds. The minimum absolute atomic E-state index is 0.369. The van der Waals surface area contributed by atoms with Gasteiger partial charge in [0.25, 0.3) is 0 Å². The summed E-state index contributed by atoms with van der Waals surface area (Å²) in [7, 11) is 0. The predicted octanol–water partition coefficient (Wildman–Crippen LogP) is 1.72. The van der Waals surface area contributed by atoms with Gasteiger partial charge in [0.05, 0.1) is 12.7 Å². The molecule has 1 spiro atoms. The maximum absolute atomic E-state index is 5.73. The summed E-state index contributed by atoms with van der Waals surface area (Å²) in [5.41, 5.74) is 0.369. The summed E-state index contributed by atoms with van der Waals surface area (Å²) in [5.74, 6) is 0. The molecule has 0 aromatic carbocycles. The van der Waals surface area contributed by atoms with Gasteiger partial charge in [0, 0.05) is 9.97 Å². The number of alkyl halides is 1. The van der Waals surface area contributed by atoms with Crippen molar-refractivity contribution in [3.63, 3.8) is 0 Å². The smallest absolute Gasteiger partial charge is 0.0683 e. The fourth-order valence-electron chi connectivity index (χ4n) is 2.26. The molecule has 1 N–H and O–H groups in total.